The highest BCUT2D eigenvalue weighted by atomic mass is 32.2. The molecule has 15 heteroatoms. The van der Waals surface area contributed by atoms with Crippen LogP contribution in [0.2, 0.25) is 0 Å². The maximum atomic E-state index is 13.7. The van der Waals surface area contributed by atoms with E-state index in [9.17, 15) is 31.2 Å². The van der Waals surface area contributed by atoms with Crippen LogP contribution in [0.25, 0.3) is 0 Å². The highest BCUT2D eigenvalue weighted by Crippen LogP contribution is 2.45. The van der Waals surface area contributed by atoms with Gasteiger partial charge < -0.3 is 19.5 Å². The minimum atomic E-state index is -4.81. The van der Waals surface area contributed by atoms with Crippen LogP contribution in [0, 0.1) is 18.8 Å². The number of amides is 2. The summed E-state index contributed by atoms with van der Waals surface area (Å²) >= 11 is 0. The van der Waals surface area contributed by atoms with Crippen LogP contribution in [0.1, 0.15) is 93.4 Å². The lowest BCUT2D eigenvalue weighted by atomic mass is 9.74. The summed E-state index contributed by atoms with van der Waals surface area (Å²) in [7, 11) is -3.56. The fraction of sp³-hybridized carbons (Fsp3) is 0.839. The topological polar surface area (TPSA) is 125 Å². The molecule has 11 nitrogen and oxygen atoms in total. The third-order valence-corrected chi connectivity index (χ3v) is 12.5. The van der Waals surface area contributed by atoms with E-state index in [0.717, 1.165) is 32.4 Å². The molecule has 0 aromatic carbocycles. The Balaban J connectivity index is 1.26. The summed E-state index contributed by atoms with van der Waals surface area (Å²) < 4.78 is 77.3. The molecule has 1 spiro atoms. The van der Waals surface area contributed by atoms with E-state index in [1.54, 1.807) is 0 Å². The zero-order chi connectivity index (χ0) is 33.5. The molecule has 5 rings (SSSR count). The maximum absolute atomic E-state index is 13.7. The first-order chi connectivity index (χ1) is 21.6. The number of unbranched alkanes of at least 4 members (excludes halogenated alkanes) is 1. The Morgan fingerprint density at radius 3 is 2.30 bits per heavy atom. The summed E-state index contributed by atoms with van der Waals surface area (Å²) in [6.07, 6.45) is 2.38. The number of alkyl halides is 3. The van der Waals surface area contributed by atoms with Gasteiger partial charge in [-0.2, -0.15) is 13.2 Å². The van der Waals surface area contributed by atoms with Crippen molar-refractivity contribution in [3.63, 3.8) is 0 Å². The number of aryl methyl sites for hydroxylation is 1. The van der Waals surface area contributed by atoms with Gasteiger partial charge in [0.1, 0.15) is 16.5 Å². The van der Waals surface area contributed by atoms with Crippen LogP contribution in [0.15, 0.2) is 4.52 Å². The van der Waals surface area contributed by atoms with Gasteiger partial charge >= 0.3 is 12.3 Å². The standard InChI is InChI=1S/C31H48F3N5O6S/c1-5-6-7-23-20-39(27(46(4,42)43)22-8-14-35-15-9-22)28(41)44-30(23)12-18-38(19-13-30)29(3)10-16-37(17-11-29)26(40)24-21(2)36-45-25(24)31(32,33)34/h22-23,27,35H,5-20H2,1-4H3/t23?,27-/m0/s1. The van der Waals surface area contributed by atoms with Crippen molar-refractivity contribution < 1.29 is 40.4 Å². The van der Waals surface area contributed by atoms with Crippen molar-refractivity contribution in [1.29, 1.82) is 0 Å². The van der Waals surface area contributed by atoms with E-state index in [1.165, 1.54) is 23.0 Å². The average molecular weight is 676 g/mol. The summed E-state index contributed by atoms with van der Waals surface area (Å²) in [6.45, 7) is 9.29. The van der Waals surface area contributed by atoms with Gasteiger partial charge in [-0.15, -0.1) is 0 Å². The van der Waals surface area contributed by atoms with E-state index in [-0.39, 0.29) is 23.1 Å². The molecule has 2 amide bonds. The summed E-state index contributed by atoms with van der Waals surface area (Å²) in [5, 5.41) is 5.78. The van der Waals surface area contributed by atoms with Crippen LogP contribution < -0.4 is 5.32 Å². The molecule has 260 valence electrons. The van der Waals surface area contributed by atoms with Gasteiger partial charge in [0.05, 0.1) is 5.69 Å². The fourth-order valence-electron chi connectivity index (χ4n) is 8.19. The molecule has 4 aliphatic heterocycles. The van der Waals surface area contributed by atoms with Gasteiger partial charge in [0.15, 0.2) is 9.84 Å². The van der Waals surface area contributed by atoms with Crippen molar-refractivity contribution in [2.45, 2.75) is 101 Å². The number of carbonyl (C=O) groups excluding carboxylic acids is 2. The Labute approximate surface area is 269 Å². The van der Waals surface area contributed by atoms with Crippen molar-refractivity contribution in [2.24, 2.45) is 11.8 Å². The molecule has 1 aromatic rings. The van der Waals surface area contributed by atoms with Gasteiger partial charge in [-0.3, -0.25) is 14.6 Å². The van der Waals surface area contributed by atoms with E-state index in [1.807, 2.05) is 0 Å². The van der Waals surface area contributed by atoms with E-state index in [2.05, 4.69) is 33.7 Å². The molecule has 46 heavy (non-hydrogen) atoms. The normalized spacial score (nSPS) is 25.5. The number of likely N-dealkylation sites (tertiary alicyclic amines) is 2. The molecular formula is C31H48F3N5O6S. The molecule has 2 atom stereocenters. The number of carbonyl (C=O) groups is 2. The number of ether oxygens (including phenoxy) is 1. The van der Waals surface area contributed by atoms with E-state index < -0.39 is 50.3 Å². The molecule has 4 fully saturated rings. The predicted molar refractivity (Wildman–Crippen MR) is 164 cm³/mol. The number of sulfone groups is 1. The second-order valence-corrected chi connectivity index (χ2v) is 16.1. The number of rotatable bonds is 8. The number of aromatic nitrogens is 1. The van der Waals surface area contributed by atoms with Crippen molar-refractivity contribution >= 4 is 21.8 Å². The summed E-state index contributed by atoms with van der Waals surface area (Å²) in [5.74, 6) is -2.22. The lowest BCUT2D eigenvalue weighted by molar-refractivity contribution is -0.156. The smallest absolute Gasteiger partial charge is 0.442 e. The van der Waals surface area contributed by atoms with Crippen LogP contribution in [0.4, 0.5) is 18.0 Å². The minimum Gasteiger partial charge on any atom is -0.442 e. The quantitative estimate of drug-likeness (QED) is 0.425. The van der Waals surface area contributed by atoms with E-state index in [0.29, 0.717) is 71.2 Å². The first-order valence-electron chi connectivity index (χ1n) is 16.6. The summed E-state index contributed by atoms with van der Waals surface area (Å²) in [5.41, 5.74) is -1.57. The SMILES string of the molecule is CCCCC1CN([C@H](C2CCNCC2)S(C)(=O)=O)C(=O)OC12CCN(C1(C)CCN(C(=O)c3c(C)noc3C(F)(F)F)CC1)CC2. The molecule has 0 radical (unpaired) electrons. The highest BCUT2D eigenvalue weighted by Gasteiger charge is 2.54. The van der Waals surface area contributed by atoms with E-state index in [4.69, 9.17) is 4.74 Å². The predicted octanol–water partition coefficient (Wildman–Crippen LogP) is 4.46. The van der Waals surface area contributed by atoms with Gasteiger partial charge in [-0.25, -0.2) is 13.2 Å². The lowest BCUT2D eigenvalue weighted by Crippen LogP contribution is -2.65. The molecule has 0 saturated carbocycles. The molecule has 1 unspecified atom stereocenters. The molecular weight excluding hydrogens is 627 g/mol. The first kappa shape index (κ1) is 34.9. The van der Waals surface area contributed by atoms with Crippen molar-refractivity contribution in [3.8, 4) is 0 Å². The molecule has 0 bridgehead atoms. The van der Waals surface area contributed by atoms with Crippen molar-refractivity contribution in [1.82, 2.24) is 25.2 Å². The molecule has 0 aliphatic carbocycles. The molecule has 1 aromatic heterocycles. The van der Waals surface area contributed by atoms with E-state index >= 15 is 0 Å². The van der Waals surface area contributed by atoms with Crippen molar-refractivity contribution in [2.75, 3.05) is 52.1 Å². The number of hydrogen-bond donors (Lipinski definition) is 1. The molecule has 1 N–H and O–H groups in total. The zero-order valence-electron chi connectivity index (χ0n) is 27.3. The zero-order valence-corrected chi connectivity index (χ0v) is 28.1. The summed E-state index contributed by atoms with van der Waals surface area (Å²) in [4.78, 5) is 32.1. The molecule has 4 saturated heterocycles. The largest absolute Gasteiger partial charge is 0.453 e. The van der Waals surface area contributed by atoms with Gasteiger partial charge in [0.25, 0.3) is 11.7 Å². The van der Waals surface area contributed by atoms with Crippen molar-refractivity contribution in [3.05, 3.63) is 17.0 Å². The van der Waals surface area contributed by atoms with Crippen LogP contribution >= 0.6 is 0 Å². The monoisotopic (exact) mass is 675 g/mol. The van der Waals surface area contributed by atoms with Gasteiger partial charge in [0.2, 0.25) is 0 Å². The minimum absolute atomic E-state index is 0.000165. The Bertz CT molecular complexity index is 1360. The number of nitrogens with zero attached hydrogens (tertiary/aromatic N) is 4. The lowest BCUT2D eigenvalue weighted by Gasteiger charge is -2.55. The Morgan fingerprint density at radius 1 is 1.11 bits per heavy atom. The fourth-order valence-corrected chi connectivity index (χ4v) is 9.79. The maximum Gasteiger partial charge on any atom is 0.453 e. The van der Waals surface area contributed by atoms with Crippen LogP contribution in [-0.4, -0.2) is 109 Å². The second kappa shape index (κ2) is 13.3. The third-order valence-electron chi connectivity index (χ3n) is 11.0. The number of piperidine rings is 3. The Kier molecular flexibility index (Phi) is 10.1. The number of nitrogens with one attached hydrogen (secondary N) is 1. The van der Waals surface area contributed by atoms with Crippen LogP contribution in [0.5, 0.6) is 0 Å². The van der Waals surface area contributed by atoms with Gasteiger partial charge in [-0.1, -0.05) is 24.9 Å². The first-order valence-corrected chi connectivity index (χ1v) is 18.5. The number of hydrogen-bond acceptors (Lipinski definition) is 9. The molecule has 5 heterocycles. The Morgan fingerprint density at radius 2 is 1.74 bits per heavy atom. The van der Waals surface area contributed by atoms with Gasteiger partial charge in [-0.05, 0) is 65.0 Å². The molecule has 4 aliphatic rings. The third kappa shape index (κ3) is 6.92. The van der Waals surface area contributed by atoms with Crippen LogP contribution in [-0.2, 0) is 20.8 Å². The second-order valence-electron chi connectivity index (χ2n) is 14.0. The highest BCUT2D eigenvalue weighted by molar-refractivity contribution is 7.91. The average Bonchev–Trinajstić information content (AvgIpc) is 3.40. The number of halogens is 3. The van der Waals surface area contributed by atoms with Gasteiger partial charge in [0, 0.05) is 63.3 Å². The Hall–Kier alpha value is -2.39. The summed E-state index contributed by atoms with van der Waals surface area (Å²) in [6, 6.07) is 0. The van der Waals surface area contributed by atoms with Crippen LogP contribution in [0.3, 0.4) is 0 Å².